The first-order valence-electron chi connectivity index (χ1n) is 6.86. The monoisotopic (exact) mass is 276 g/mol. The molecule has 96 valence electrons. The molecule has 1 fully saturated rings. The van der Waals surface area contributed by atoms with Crippen LogP contribution < -0.4 is 0 Å². The van der Waals surface area contributed by atoms with Crippen LogP contribution in [-0.2, 0) is 6.42 Å². The van der Waals surface area contributed by atoms with E-state index in [2.05, 4.69) is 4.98 Å². The zero-order chi connectivity index (χ0) is 16.3. The molecule has 0 saturated carbocycles. The Bertz CT molecular complexity index is 712. The van der Waals surface area contributed by atoms with E-state index in [1.807, 2.05) is 6.07 Å². The number of phenols is 1. The summed E-state index contributed by atoms with van der Waals surface area (Å²) in [6.45, 7) is 0. The highest BCUT2D eigenvalue weighted by atomic mass is 16.3. The van der Waals surface area contributed by atoms with Gasteiger partial charge in [-0.3, -0.25) is 0 Å². The zero-order valence-corrected chi connectivity index (χ0v) is 12.1. The summed E-state index contributed by atoms with van der Waals surface area (Å²) in [5.74, 6) is 0.131. The van der Waals surface area contributed by atoms with Gasteiger partial charge in [-0.25, -0.2) is 0 Å². The fraction of sp³-hybridized carbons (Fsp3) is 0.385. The molecule has 1 aromatic carbocycles. The molecule has 1 aliphatic heterocycles. The Morgan fingerprint density at radius 2 is 1.82 bits per heavy atom. The topological polar surface area (TPSA) is 39.3 Å². The van der Waals surface area contributed by atoms with E-state index < -0.39 is 16.0 Å². The van der Waals surface area contributed by atoms with Crippen molar-refractivity contribution < 1.29 is 5.11 Å². The summed E-state index contributed by atoms with van der Waals surface area (Å²) >= 11 is 0. The number of phenolic OH excluding ortho intramolecular Hbond substituents is 1. The highest BCUT2D eigenvalue weighted by Crippen LogP contribution is 2.42. The number of likely N-dealkylation sites (tertiary alicyclic amines) is 1. The first kappa shape index (κ1) is 15.8. The Morgan fingerprint density at radius 1 is 1.18 bits per heavy atom. The Hall–Kier alpha value is -1.09. The summed E-state index contributed by atoms with van der Waals surface area (Å²) in [6.07, 6.45) is 2.04. The van der Waals surface area contributed by atoms with Crippen LogP contribution in [0.2, 0.25) is 0 Å². The van der Waals surface area contributed by atoms with Crippen LogP contribution in [0.15, 0.2) is 24.4 Å². The van der Waals surface area contributed by atoms with Gasteiger partial charge in [-0.2, -0.15) is 0 Å². The summed E-state index contributed by atoms with van der Waals surface area (Å²) < 4.78 is 0. The predicted molar refractivity (Wildman–Crippen MR) is 92.8 cm³/mol. The van der Waals surface area contributed by atoms with Crippen LogP contribution in [-0.4, -0.2) is 78.1 Å². The van der Waals surface area contributed by atoms with E-state index in [1.54, 1.807) is 18.3 Å². The molecular formula is C13H10B6N2O. The first-order chi connectivity index (χ1) is 10.0. The molecular weight excluding hydrogens is 265 g/mol. The van der Waals surface area contributed by atoms with Gasteiger partial charge in [0.25, 0.3) is 0 Å². The highest BCUT2D eigenvalue weighted by Gasteiger charge is 2.53. The molecule has 1 aliphatic rings. The second kappa shape index (κ2) is 4.70. The van der Waals surface area contributed by atoms with Crippen LogP contribution >= 0.6 is 0 Å². The van der Waals surface area contributed by atoms with Gasteiger partial charge in [0, 0.05) is 17.1 Å². The molecule has 0 aliphatic carbocycles. The zero-order valence-electron chi connectivity index (χ0n) is 12.1. The number of nitrogens with zero attached hydrogens (tertiary/aromatic N) is 1. The van der Waals surface area contributed by atoms with Crippen molar-refractivity contribution in [2.45, 2.75) is 28.9 Å². The highest BCUT2D eigenvalue weighted by molar-refractivity contribution is 6.51. The van der Waals surface area contributed by atoms with E-state index in [4.69, 9.17) is 47.1 Å². The molecule has 3 rings (SSSR count). The van der Waals surface area contributed by atoms with E-state index in [0.717, 1.165) is 11.1 Å². The minimum Gasteiger partial charge on any atom is -0.507 e. The number of aromatic hydroxyl groups is 1. The van der Waals surface area contributed by atoms with E-state index >= 15 is 0 Å². The maximum atomic E-state index is 10.0. The average molecular weight is 275 g/mol. The van der Waals surface area contributed by atoms with Gasteiger partial charge < -0.3 is 15.0 Å². The summed E-state index contributed by atoms with van der Waals surface area (Å²) in [5.41, 5.74) is 1.49. The third-order valence-corrected chi connectivity index (χ3v) is 4.05. The maximum absolute atomic E-state index is 10.0. The van der Waals surface area contributed by atoms with Gasteiger partial charge in [0.2, 0.25) is 0 Å². The van der Waals surface area contributed by atoms with Gasteiger partial charge in [0.15, 0.2) is 0 Å². The lowest BCUT2D eigenvalue weighted by Crippen LogP contribution is -2.82. The van der Waals surface area contributed by atoms with Crippen molar-refractivity contribution in [2.75, 3.05) is 0 Å². The largest absolute Gasteiger partial charge is 0.507 e. The lowest BCUT2D eigenvalue weighted by atomic mass is 9.34. The Morgan fingerprint density at radius 3 is 2.41 bits per heavy atom. The smallest absolute Gasteiger partial charge is 0.125 e. The van der Waals surface area contributed by atoms with Gasteiger partial charge in [0.05, 0.1) is 47.1 Å². The van der Waals surface area contributed by atoms with E-state index in [-0.39, 0.29) is 18.6 Å². The Labute approximate surface area is 138 Å². The molecule has 1 aromatic heterocycles. The van der Waals surface area contributed by atoms with Gasteiger partial charge in [-0.05, 0) is 30.5 Å². The number of aromatic nitrogens is 1. The Balaban J connectivity index is 1.97. The molecule has 1 saturated heterocycles. The van der Waals surface area contributed by atoms with E-state index in [9.17, 15) is 5.11 Å². The van der Waals surface area contributed by atoms with Crippen molar-refractivity contribution in [2.24, 2.45) is 0 Å². The number of hydrogen-bond acceptors (Lipinski definition) is 2. The molecule has 2 N–H and O–H groups in total. The molecule has 0 unspecified atom stereocenters. The van der Waals surface area contributed by atoms with Crippen molar-refractivity contribution in [1.82, 2.24) is 9.88 Å². The molecule has 12 radical (unpaired) electrons. The molecule has 0 spiro atoms. The normalized spacial score (nSPS) is 20.7. The Kier molecular flexibility index (Phi) is 3.38. The lowest BCUT2D eigenvalue weighted by Gasteiger charge is -2.70. The number of fused-ring (bicyclic) bond motifs is 1. The summed E-state index contributed by atoms with van der Waals surface area (Å²) in [6, 6.07) is 5.16. The molecule has 2 heterocycles. The molecule has 9 heteroatoms. The van der Waals surface area contributed by atoms with Crippen LogP contribution in [0.5, 0.6) is 5.75 Å². The first-order valence-corrected chi connectivity index (χ1v) is 6.86. The van der Waals surface area contributed by atoms with Crippen molar-refractivity contribution >= 4 is 58.0 Å². The van der Waals surface area contributed by atoms with Crippen LogP contribution in [0.1, 0.15) is 12.0 Å². The third-order valence-electron chi connectivity index (χ3n) is 4.05. The fourth-order valence-corrected chi connectivity index (χ4v) is 3.44. The number of aromatic amines is 1. The van der Waals surface area contributed by atoms with Crippen LogP contribution in [0, 0.1) is 0 Å². The van der Waals surface area contributed by atoms with Gasteiger partial charge in [0.1, 0.15) is 5.75 Å². The van der Waals surface area contributed by atoms with Crippen LogP contribution in [0.25, 0.3) is 10.9 Å². The molecule has 0 amide bonds. The maximum Gasteiger partial charge on any atom is 0.125 e. The number of hydrogen-bond donors (Lipinski definition) is 2. The van der Waals surface area contributed by atoms with Gasteiger partial charge in [-0.15, -0.1) is 0 Å². The second-order valence-corrected chi connectivity index (χ2v) is 6.18. The van der Waals surface area contributed by atoms with Crippen molar-refractivity contribution in [3.8, 4) is 5.75 Å². The SMILES string of the molecule is [B]C([B])(Cc1c[nH]c2cccc(O)c12)N1C([B])([B])CC1([B])[B]. The molecule has 0 atom stereocenters. The lowest BCUT2D eigenvalue weighted by molar-refractivity contribution is 0.0243. The number of benzene rings is 1. The number of nitrogens with one attached hydrogen (secondary N) is 1. The van der Waals surface area contributed by atoms with Crippen molar-refractivity contribution in [1.29, 1.82) is 0 Å². The minimum atomic E-state index is -1.47. The summed E-state index contributed by atoms with van der Waals surface area (Å²) in [4.78, 5) is 4.35. The van der Waals surface area contributed by atoms with Gasteiger partial charge in [-0.1, -0.05) is 22.1 Å². The van der Waals surface area contributed by atoms with E-state index in [0.29, 0.717) is 5.39 Å². The molecule has 22 heavy (non-hydrogen) atoms. The van der Waals surface area contributed by atoms with E-state index in [1.165, 1.54) is 4.90 Å². The number of H-pyrrole nitrogens is 1. The predicted octanol–water partition coefficient (Wildman–Crippen LogP) is -0.906. The second-order valence-electron chi connectivity index (χ2n) is 6.18. The van der Waals surface area contributed by atoms with Crippen LogP contribution in [0.4, 0.5) is 0 Å². The minimum absolute atomic E-state index is 0.131. The standard InChI is InChI=1S/C13H10B6N2O/c14-11(15,21-12(16,17)6-13(21,18)19)4-7-5-20-8-2-1-3-9(22)10(7)8/h1-3,5,20,22H,4,6H2. The number of rotatable bonds is 3. The van der Waals surface area contributed by atoms with Crippen LogP contribution in [0.3, 0.4) is 0 Å². The van der Waals surface area contributed by atoms with Gasteiger partial charge >= 0.3 is 0 Å². The molecule has 3 nitrogen and oxygen atoms in total. The fourth-order valence-electron chi connectivity index (χ4n) is 3.44. The quantitative estimate of drug-likeness (QED) is 0.712. The molecule has 2 aromatic rings. The average Bonchev–Trinajstić information content (AvgIpc) is 2.69. The summed E-state index contributed by atoms with van der Waals surface area (Å²) in [5, 5.41) is 6.66. The summed E-state index contributed by atoms with van der Waals surface area (Å²) in [7, 11) is 36.1. The van der Waals surface area contributed by atoms with Crippen molar-refractivity contribution in [3.05, 3.63) is 30.0 Å². The van der Waals surface area contributed by atoms with Crippen molar-refractivity contribution in [3.63, 3.8) is 0 Å². The molecule has 0 bridgehead atoms. The third kappa shape index (κ3) is 2.34.